The molecule has 2 nitrogen and oxygen atoms in total. The fourth-order valence-electron chi connectivity index (χ4n) is 3.62. The molecule has 1 aliphatic heterocycles. The summed E-state index contributed by atoms with van der Waals surface area (Å²) in [5.74, 6) is 1.05. The topological polar surface area (TPSA) is 29.5 Å². The molecule has 1 heterocycles. The van der Waals surface area contributed by atoms with Crippen LogP contribution in [-0.4, -0.2) is 17.3 Å². The van der Waals surface area contributed by atoms with Crippen molar-refractivity contribution in [3.63, 3.8) is 0 Å². The molecule has 1 aliphatic carbocycles. The van der Waals surface area contributed by atoms with Crippen LogP contribution in [0.1, 0.15) is 50.7 Å². The van der Waals surface area contributed by atoms with E-state index >= 15 is 0 Å². The number of rotatable bonds is 3. The highest BCUT2D eigenvalue weighted by Gasteiger charge is 2.41. The summed E-state index contributed by atoms with van der Waals surface area (Å²) >= 11 is 0. The number of ether oxygens (including phenoxy) is 1. The SMILES string of the molecule is CC1(C)CCC(O)(CCc2ccc3c(c2)CCO3)C1. The zero-order valence-corrected chi connectivity index (χ0v) is 12.0. The summed E-state index contributed by atoms with van der Waals surface area (Å²) < 4.78 is 5.53. The van der Waals surface area contributed by atoms with Crippen LogP contribution in [0.5, 0.6) is 5.75 Å². The third kappa shape index (κ3) is 2.79. The largest absolute Gasteiger partial charge is 0.493 e. The van der Waals surface area contributed by atoms with E-state index in [-0.39, 0.29) is 0 Å². The molecule has 0 spiro atoms. The van der Waals surface area contributed by atoms with Crippen molar-refractivity contribution in [2.75, 3.05) is 6.61 Å². The molecule has 1 aromatic rings. The highest BCUT2D eigenvalue weighted by atomic mass is 16.5. The van der Waals surface area contributed by atoms with Gasteiger partial charge in [0.25, 0.3) is 0 Å². The highest BCUT2D eigenvalue weighted by Crippen LogP contribution is 2.45. The molecule has 2 heteroatoms. The first-order valence-corrected chi connectivity index (χ1v) is 7.43. The van der Waals surface area contributed by atoms with E-state index in [0.29, 0.717) is 5.41 Å². The van der Waals surface area contributed by atoms with Crippen LogP contribution in [0.15, 0.2) is 18.2 Å². The molecule has 0 saturated heterocycles. The number of aliphatic hydroxyl groups is 1. The molecule has 2 aliphatic rings. The number of fused-ring (bicyclic) bond motifs is 1. The lowest BCUT2D eigenvalue weighted by Gasteiger charge is -2.25. The Hall–Kier alpha value is -1.02. The van der Waals surface area contributed by atoms with Crippen molar-refractivity contribution in [1.82, 2.24) is 0 Å². The van der Waals surface area contributed by atoms with Gasteiger partial charge >= 0.3 is 0 Å². The van der Waals surface area contributed by atoms with Gasteiger partial charge in [-0.25, -0.2) is 0 Å². The number of hydrogen-bond donors (Lipinski definition) is 1. The monoisotopic (exact) mass is 260 g/mol. The minimum absolute atomic E-state index is 0.306. The Morgan fingerprint density at radius 3 is 2.84 bits per heavy atom. The Labute approximate surface area is 115 Å². The summed E-state index contributed by atoms with van der Waals surface area (Å²) in [5, 5.41) is 10.7. The van der Waals surface area contributed by atoms with Crippen molar-refractivity contribution in [1.29, 1.82) is 0 Å². The van der Waals surface area contributed by atoms with Crippen LogP contribution >= 0.6 is 0 Å². The van der Waals surface area contributed by atoms with Crippen molar-refractivity contribution in [2.24, 2.45) is 5.41 Å². The summed E-state index contributed by atoms with van der Waals surface area (Å²) in [6.07, 6.45) is 5.92. The minimum atomic E-state index is -0.445. The molecule has 0 aromatic heterocycles. The third-order valence-corrected chi connectivity index (χ3v) is 4.71. The molecule has 0 bridgehead atoms. The fraction of sp³-hybridized carbons (Fsp3) is 0.647. The molecular weight excluding hydrogens is 236 g/mol. The van der Waals surface area contributed by atoms with Crippen molar-refractivity contribution >= 4 is 0 Å². The highest BCUT2D eigenvalue weighted by molar-refractivity contribution is 5.39. The Morgan fingerprint density at radius 2 is 2.11 bits per heavy atom. The average Bonchev–Trinajstić information content (AvgIpc) is 2.91. The van der Waals surface area contributed by atoms with Gasteiger partial charge in [-0.3, -0.25) is 0 Å². The maximum atomic E-state index is 10.7. The van der Waals surface area contributed by atoms with Crippen LogP contribution in [0.2, 0.25) is 0 Å². The summed E-state index contributed by atoms with van der Waals surface area (Å²) in [7, 11) is 0. The second-order valence-corrected chi connectivity index (χ2v) is 7.11. The molecule has 1 aromatic carbocycles. The second kappa shape index (κ2) is 4.52. The fourth-order valence-corrected chi connectivity index (χ4v) is 3.62. The molecule has 1 atom stereocenters. The van der Waals surface area contributed by atoms with Crippen molar-refractivity contribution in [3.8, 4) is 5.75 Å². The molecule has 3 rings (SSSR count). The van der Waals surface area contributed by atoms with Gasteiger partial charge in [-0.2, -0.15) is 0 Å². The van der Waals surface area contributed by atoms with Gasteiger partial charge in [0.1, 0.15) is 5.75 Å². The normalized spacial score (nSPS) is 28.2. The maximum absolute atomic E-state index is 10.7. The number of hydrogen-bond acceptors (Lipinski definition) is 2. The molecule has 1 N–H and O–H groups in total. The Bertz CT molecular complexity index is 478. The van der Waals surface area contributed by atoms with Crippen LogP contribution in [0.3, 0.4) is 0 Å². The Kier molecular flexibility index (Phi) is 3.09. The zero-order valence-electron chi connectivity index (χ0n) is 12.0. The van der Waals surface area contributed by atoms with Gasteiger partial charge in [-0.05, 0) is 54.7 Å². The average molecular weight is 260 g/mol. The molecule has 1 fully saturated rings. The van der Waals surface area contributed by atoms with Crippen molar-refractivity contribution in [2.45, 2.75) is 58.0 Å². The van der Waals surface area contributed by atoms with Crippen LogP contribution in [0, 0.1) is 5.41 Å². The lowest BCUT2D eigenvalue weighted by molar-refractivity contribution is 0.0292. The minimum Gasteiger partial charge on any atom is -0.493 e. The predicted molar refractivity (Wildman–Crippen MR) is 76.5 cm³/mol. The Balaban J connectivity index is 1.64. The van der Waals surface area contributed by atoms with Gasteiger partial charge in [0.2, 0.25) is 0 Å². The molecule has 104 valence electrons. The second-order valence-electron chi connectivity index (χ2n) is 7.11. The van der Waals surface area contributed by atoms with Crippen LogP contribution in [0.4, 0.5) is 0 Å². The molecule has 19 heavy (non-hydrogen) atoms. The van der Waals surface area contributed by atoms with E-state index < -0.39 is 5.60 Å². The zero-order chi connectivity index (χ0) is 13.5. The first-order valence-electron chi connectivity index (χ1n) is 7.43. The van der Waals surface area contributed by atoms with E-state index in [0.717, 1.165) is 50.9 Å². The van der Waals surface area contributed by atoms with E-state index in [9.17, 15) is 5.11 Å². The first-order chi connectivity index (χ1) is 8.96. The maximum Gasteiger partial charge on any atom is 0.122 e. The van der Waals surface area contributed by atoms with Gasteiger partial charge in [0, 0.05) is 6.42 Å². The smallest absolute Gasteiger partial charge is 0.122 e. The van der Waals surface area contributed by atoms with E-state index in [1.165, 1.54) is 11.1 Å². The summed E-state index contributed by atoms with van der Waals surface area (Å²) in [6.45, 7) is 5.34. The lowest BCUT2D eigenvalue weighted by atomic mass is 9.86. The lowest BCUT2D eigenvalue weighted by Crippen LogP contribution is -2.26. The van der Waals surface area contributed by atoms with Crippen molar-refractivity contribution < 1.29 is 9.84 Å². The molecule has 1 unspecified atom stereocenters. The molecule has 0 amide bonds. The summed E-state index contributed by atoms with van der Waals surface area (Å²) in [5.41, 5.74) is 2.53. The van der Waals surface area contributed by atoms with Crippen molar-refractivity contribution in [3.05, 3.63) is 29.3 Å². The van der Waals surface area contributed by atoms with E-state index in [1.807, 2.05) is 0 Å². The van der Waals surface area contributed by atoms with E-state index in [4.69, 9.17) is 4.74 Å². The van der Waals surface area contributed by atoms with Crippen LogP contribution < -0.4 is 4.74 Å². The Morgan fingerprint density at radius 1 is 1.26 bits per heavy atom. The van der Waals surface area contributed by atoms with Gasteiger partial charge in [0.05, 0.1) is 12.2 Å². The van der Waals surface area contributed by atoms with E-state index in [2.05, 4.69) is 32.0 Å². The number of aryl methyl sites for hydroxylation is 1. The summed E-state index contributed by atoms with van der Waals surface area (Å²) in [6, 6.07) is 6.49. The molecule has 1 saturated carbocycles. The van der Waals surface area contributed by atoms with Gasteiger partial charge in [-0.15, -0.1) is 0 Å². The third-order valence-electron chi connectivity index (χ3n) is 4.71. The number of benzene rings is 1. The van der Waals surface area contributed by atoms with Gasteiger partial charge in [-0.1, -0.05) is 26.0 Å². The predicted octanol–water partition coefficient (Wildman–Crippen LogP) is 3.50. The van der Waals surface area contributed by atoms with Crippen LogP contribution in [-0.2, 0) is 12.8 Å². The summed E-state index contributed by atoms with van der Waals surface area (Å²) in [4.78, 5) is 0. The van der Waals surface area contributed by atoms with E-state index in [1.54, 1.807) is 0 Å². The first kappa shape index (κ1) is 13.0. The van der Waals surface area contributed by atoms with Gasteiger partial charge < -0.3 is 9.84 Å². The molecule has 0 radical (unpaired) electrons. The quantitative estimate of drug-likeness (QED) is 0.901. The van der Waals surface area contributed by atoms with Gasteiger partial charge in [0.15, 0.2) is 0 Å². The molecular formula is C17H24O2. The standard InChI is InChI=1S/C17H24O2/c1-16(2)8-9-17(18,12-16)7-5-13-3-4-15-14(11-13)6-10-19-15/h3-4,11,18H,5-10,12H2,1-2H3. The van der Waals surface area contributed by atoms with Crippen LogP contribution in [0.25, 0.3) is 0 Å².